The summed E-state index contributed by atoms with van der Waals surface area (Å²) in [6, 6.07) is 4.19. The third kappa shape index (κ3) is 3.77. The molecule has 9 nitrogen and oxygen atoms in total. The van der Waals surface area contributed by atoms with E-state index in [1.165, 1.54) is 19.3 Å². The maximum atomic E-state index is 4.97. The zero-order valence-corrected chi connectivity index (χ0v) is 19.4. The molecular weight excluding hydrogens is 426 g/mol. The van der Waals surface area contributed by atoms with Gasteiger partial charge in [0.1, 0.15) is 11.2 Å². The molecule has 1 saturated heterocycles. The van der Waals surface area contributed by atoms with Crippen LogP contribution in [0.25, 0.3) is 44.7 Å². The number of piperidine rings is 1. The fourth-order valence-corrected chi connectivity index (χ4v) is 4.73. The molecule has 0 aromatic carbocycles. The second kappa shape index (κ2) is 8.49. The number of nitrogens with zero attached hydrogens (tertiary/aromatic N) is 7. The van der Waals surface area contributed by atoms with E-state index in [1.807, 2.05) is 45.1 Å². The molecule has 34 heavy (non-hydrogen) atoms. The highest BCUT2D eigenvalue weighted by atomic mass is 15.2. The molecule has 172 valence electrons. The molecule has 0 atom stereocenters. The van der Waals surface area contributed by atoms with Crippen LogP contribution >= 0.6 is 0 Å². The first-order chi connectivity index (χ1) is 16.7. The number of fused-ring (bicyclic) bond motifs is 2. The second-order valence-corrected chi connectivity index (χ2v) is 9.19. The van der Waals surface area contributed by atoms with Crippen molar-refractivity contribution in [3.63, 3.8) is 0 Å². The molecule has 0 aliphatic carbocycles. The van der Waals surface area contributed by atoms with Gasteiger partial charge < -0.3 is 14.8 Å². The number of nitrogens with one attached hydrogen (secondary N) is 2. The standard InChI is InChI=1S/C25H27N9/c1-33(2)15-16-8-17(11-26-10-16)19-9-18-20(13-28-19)31-32-23(18)25-29-21-12-27-14-22(24(21)30-25)34-6-4-3-5-7-34/h8-14H,3-7,15H2,1-2H3,(H,29,30)(H,31,32). The van der Waals surface area contributed by atoms with Gasteiger partial charge in [-0.2, -0.15) is 5.10 Å². The summed E-state index contributed by atoms with van der Waals surface area (Å²) in [7, 11) is 4.10. The van der Waals surface area contributed by atoms with Crippen LogP contribution in [0.15, 0.2) is 43.1 Å². The lowest BCUT2D eigenvalue weighted by Crippen LogP contribution is -2.29. The molecule has 6 rings (SSSR count). The molecule has 1 fully saturated rings. The first-order valence-corrected chi connectivity index (χ1v) is 11.7. The quantitative estimate of drug-likeness (QED) is 0.414. The summed E-state index contributed by atoms with van der Waals surface area (Å²) < 4.78 is 0. The maximum absolute atomic E-state index is 4.97. The van der Waals surface area contributed by atoms with Gasteiger partial charge in [0.05, 0.1) is 41.0 Å². The summed E-state index contributed by atoms with van der Waals surface area (Å²) in [5.41, 5.74) is 7.58. The van der Waals surface area contributed by atoms with Crippen LogP contribution in [-0.4, -0.2) is 67.2 Å². The number of pyridine rings is 3. The van der Waals surface area contributed by atoms with Gasteiger partial charge in [0.25, 0.3) is 0 Å². The van der Waals surface area contributed by atoms with Crippen LogP contribution in [0.3, 0.4) is 0 Å². The van der Waals surface area contributed by atoms with Gasteiger partial charge in [-0.05, 0) is 51.1 Å². The zero-order valence-electron chi connectivity index (χ0n) is 19.4. The van der Waals surface area contributed by atoms with Gasteiger partial charge in [0, 0.05) is 43.0 Å². The van der Waals surface area contributed by atoms with E-state index in [9.17, 15) is 0 Å². The van der Waals surface area contributed by atoms with Gasteiger partial charge >= 0.3 is 0 Å². The maximum Gasteiger partial charge on any atom is 0.159 e. The van der Waals surface area contributed by atoms with E-state index in [0.29, 0.717) is 0 Å². The van der Waals surface area contributed by atoms with Gasteiger partial charge in [-0.3, -0.25) is 20.1 Å². The van der Waals surface area contributed by atoms with Gasteiger partial charge in [-0.1, -0.05) is 0 Å². The van der Waals surface area contributed by atoms with E-state index >= 15 is 0 Å². The minimum atomic E-state index is 0.726. The summed E-state index contributed by atoms with van der Waals surface area (Å²) in [6.45, 7) is 2.92. The van der Waals surface area contributed by atoms with Crippen molar-refractivity contribution in [2.75, 3.05) is 32.1 Å². The van der Waals surface area contributed by atoms with Crippen molar-refractivity contribution in [2.45, 2.75) is 25.8 Å². The van der Waals surface area contributed by atoms with Crippen molar-refractivity contribution in [1.29, 1.82) is 0 Å². The number of imidazole rings is 1. The SMILES string of the molecule is CN(C)Cc1cncc(-c2cc3c(-c4nc5c(N6CCCCC6)cncc5[nH]4)n[nH]c3cn2)c1. The van der Waals surface area contributed by atoms with E-state index in [4.69, 9.17) is 4.98 Å². The van der Waals surface area contributed by atoms with Gasteiger partial charge in [0.2, 0.25) is 0 Å². The third-order valence-corrected chi connectivity index (χ3v) is 6.33. The molecule has 0 saturated carbocycles. The Morgan fingerprint density at radius 1 is 0.941 bits per heavy atom. The van der Waals surface area contributed by atoms with Crippen LogP contribution < -0.4 is 4.90 Å². The molecule has 0 unspecified atom stereocenters. The molecule has 0 spiro atoms. The van der Waals surface area contributed by atoms with Crippen LogP contribution in [0.4, 0.5) is 5.69 Å². The van der Waals surface area contributed by atoms with Crippen molar-refractivity contribution >= 4 is 27.6 Å². The summed E-state index contributed by atoms with van der Waals surface area (Å²) in [5.74, 6) is 0.726. The lowest BCUT2D eigenvalue weighted by Gasteiger charge is -2.28. The number of anilines is 1. The molecular formula is C25H27N9. The smallest absolute Gasteiger partial charge is 0.159 e. The predicted molar refractivity (Wildman–Crippen MR) is 133 cm³/mol. The van der Waals surface area contributed by atoms with E-state index < -0.39 is 0 Å². The molecule has 1 aliphatic rings. The summed E-state index contributed by atoms with van der Waals surface area (Å²) in [5, 5.41) is 8.65. The normalized spacial score (nSPS) is 14.5. The largest absolute Gasteiger partial charge is 0.368 e. The molecule has 0 amide bonds. The molecule has 6 heterocycles. The van der Waals surface area contributed by atoms with Crippen molar-refractivity contribution in [3.8, 4) is 22.8 Å². The lowest BCUT2D eigenvalue weighted by atomic mass is 10.1. The van der Waals surface area contributed by atoms with Crippen LogP contribution in [0, 0.1) is 0 Å². The van der Waals surface area contributed by atoms with Crippen LogP contribution in [0.2, 0.25) is 0 Å². The predicted octanol–water partition coefficient (Wildman–Crippen LogP) is 4.01. The third-order valence-electron chi connectivity index (χ3n) is 6.33. The first kappa shape index (κ1) is 20.7. The van der Waals surface area contributed by atoms with Crippen LogP contribution in [0.5, 0.6) is 0 Å². The van der Waals surface area contributed by atoms with E-state index in [2.05, 4.69) is 52.1 Å². The van der Waals surface area contributed by atoms with Crippen LogP contribution in [0.1, 0.15) is 24.8 Å². The molecule has 5 aromatic heterocycles. The van der Waals surface area contributed by atoms with Gasteiger partial charge in [-0.15, -0.1) is 0 Å². The zero-order chi connectivity index (χ0) is 23.1. The Hall–Kier alpha value is -3.85. The topological polar surface area (TPSA) is 103 Å². The molecule has 0 bridgehead atoms. The Kier molecular flexibility index (Phi) is 5.18. The van der Waals surface area contributed by atoms with E-state index in [1.54, 1.807) is 0 Å². The Morgan fingerprint density at radius 3 is 2.65 bits per heavy atom. The minimum Gasteiger partial charge on any atom is -0.368 e. The lowest BCUT2D eigenvalue weighted by molar-refractivity contribution is 0.402. The molecule has 0 radical (unpaired) electrons. The second-order valence-electron chi connectivity index (χ2n) is 9.19. The average molecular weight is 454 g/mol. The van der Waals surface area contributed by atoms with Crippen LogP contribution in [-0.2, 0) is 6.54 Å². The number of rotatable bonds is 5. The van der Waals surface area contributed by atoms with Crippen molar-refractivity contribution < 1.29 is 0 Å². The fourth-order valence-electron chi connectivity index (χ4n) is 4.73. The fraction of sp³-hybridized carbons (Fsp3) is 0.320. The molecule has 5 aromatic rings. The van der Waals surface area contributed by atoms with E-state index in [-0.39, 0.29) is 0 Å². The van der Waals surface area contributed by atoms with Crippen molar-refractivity contribution in [1.82, 2.24) is 40.0 Å². The Bertz CT molecular complexity index is 1460. The molecule has 2 N–H and O–H groups in total. The number of H-pyrrole nitrogens is 2. The Labute approximate surface area is 197 Å². The van der Waals surface area contributed by atoms with Gasteiger partial charge in [-0.25, -0.2) is 4.98 Å². The Morgan fingerprint density at radius 2 is 1.79 bits per heavy atom. The van der Waals surface area contributed by atoms with Gasteiger partial charge in [0.15, 0.2) is 5.82 Å². The van der Waals surface area contributed by atoms with E-state index in [0.717, 1.165) is 75.6 Å². The summed E-state index contributed by atoms with van der Waals surface area (Å²) in [4.78, 5) is 26.5. The summed E-state index contributed by atoms with van der Waals surface area (Å²) in [6.07, 6.45) is 13.0. The minimum absolute atomic E-state index is 0.726. The number of hydrogen-bond donors (Lipinski definition) is 2. The average Bonchev–Trinajstić information content (AvgIpc) is 3.48. The van der Waals surface area contributed by atoms with Crippen molar-refractivity contribution in [3.05, 3.63) is 48.7 Å². The molecule has 1 aliphatic heterocycles. The highest BCUT2D eigenvalue weighted by molar-refractivity contribution is 5.96. The number of aromatic amines is 2. The van der Waals surface area contributed by atoms with Crippen molar-refractivity contribution in [2.24, 2.45) is 0 Å². The number of hydrogen-bond acceptors (Lipinski definition) is 7. The molecule has 9 heteroatoms. The number of aromatic nitrogens is 7. The highest BCUT2D eigenvalue weighted by Gasteiger charge is 2.19. The monoisotopic (exact) mass is 453 g/mol. The highest BCUT2D eigenvalue weighted by Crippen LogP contribution is 2.32. The Balaban J connectivity index is 1.41. The first-order valence-electron chi connectivity index (χ1n) is 11.7. The summed E-state index contributed by atoms with van der Waals surface area (Å²) >= 11 is 0.